The van der Waals surface area contributed by atoms with E-state index in [0.29, 0.717) is 12.4 Å². The van der Waals surface area contributed by atoms with Crippen LogP contribution in [-0.2, 0) is 4.79 Å². The number of halogens is 1. The number of rotatable bonds is 5. The van der Waals surface area contributed by atoms with Crippen LogP contribution >= 0.6 is 15.9 Å². The molecule has 2 aromatic carbocycles. The van der Waals surface area contributed by atoms with Crippen LogP contribution < -0.4 is 9.47 Å². The number of ketones is 1. The van der Waals surface area contributed by atoms with Gasteiger partial charge in [-0.3, -0.25) is 4.79 Å². The van der Waals surface area contributed by atoms with Gasteiger partial charge in [0.05, 0.1) is 13.7 Å². The number of carbonyl (C=O) groups excluding carboxylic acids is 1. The SMILES string of the molecule is CCOc1ccc(Br)cc1/C=C1\CCC/C(=C\c2ccc(O)c(OC)c2)C1=O. The molecule has 1 aliphatic carbocycles. The van der Waals surface area contributed by atoms with E-state index in [9.17, 15) is 9.90 Å². The van der Waals surface area contributed by atoms with Gasteiger partial charge >= 0.3 is 0 Å². The van der Waals surface area contributed by atoms with Gasteiger partial charge < -0.3 is 14.6 Å². The first-order valence-electron chi connectivity index (χ1n) is 9.27. The molecule has 2 aromatic rings. The van der Waals surface area contributed by atoms with Gasteiger partial charge in [-0.1, -0.05) is 22.0 Å². The minimum absolute atomic E-state index is 0.0562. The van der Waals surface area contributed by atoms with Crippen LogP contribution in [0.3, 0.4) is 0 Å². The number of phenols is 1. The average Bonchev–Trinajstić information content (AvgIpc) is 2.68. The number of hydrogen-bond donors (Lipinski definition) is 1. The summed E-state index contributed by atoms with van der Waals surface area (Å²) >= 11 is 3.49. The average molecular weight is 443 g/mol. The van der Waals surface area contributed by atoms with Crippen molar-refractivity contribution in [3.8, 4) is 17.2 Å². The maximum Gasteiger partial charge on any atom is 0.185 e. The molecule has 0 atom stereocenters. The number of allylic oxidation sites excluding steroid dienone is 2. The van der Waals surface area contributed by atoms with Crippen molar-refractivity contribution in [3.63, 3.8) is 0 Å². The monoisotopic (exact) mass is 442 g/mol. The van der Waals surface area contributed by atoms with Crippen LogP contribution in [0.15, 0.2) is 52.0 Å². The number of hydrogen-bond acceptors (Lipinski definition) is 4. The van der Waals surface area contributed by atoms with Crippen molar-refractivity contribution in [3.05, 3.63) is 63.1 Å². The Morgan fingerprint density at radius 1 is 1.07 bits per heavy atom. The first-order chi connectivity index (χ1) is 13.5. The zero-order valence-electron chi connectivity index (χ0n) is 16.0. The summed E-state index contributed by atoms with van der Waals surface area (Å²) in [7, 11) is 1.51. The molecule has 0 heterocycles. The Morgan fingerprint density at radius 3 is 2.54 bits per heavy atom. The zero-order chi connectivity index (χ0) is 20.1. The van der Waals surface area contributed by atoms with Crippen molar-refractivity contribution in [2.45, 2.75) is 26.2 Å². The number of methoxy groups -OCH3 is 1. The van der Waals surface area contributed by atoms with Crippen LogP contribution in [0.25, 0.3) is 12.2 Å². The number of phenolic OH excluding ortho intramolecular Hbond substituents is 1. The molecule has 1 fully saturated rings. The lowest BCUT2D eigenvalue weighted by Gasteiger charge is -2.17. The molecule has 0 unspecified atom stereocenters. The van der Waals surface area contributed by atoms with E-state index < -0.39 is 0 Å². The minimum Gasteiger partial charge on any atom is -0.504 e. The standard InChI is InChI=1S/C23H23BrO4/c1-3-28-21-10-8-19(24)14-18(21)13-17-6-4-5-16(23(17)26)11-15-7-9-20(25)22(12-15)27-2/h7-14,25H,3-6H2,1-2H3/b16-11+,17-13+. The normalized spacial score (nSPS) is 17.2. The summed E-state index contributed by atoms with van der Waals surface area (Å²) in [4.78, 5) is 13.0. The van der Waals surface area contributed by atoms with Crippen molar-refractivity contribution in [2.75, 3.05) is 13.7 Å². The maximum absolute atomic E-state index is 13.0. The highest BCUT2D eigenvalue weighted by Crippen LogP contribution is 2.33. The predicted molar refractivity (Wildman–Crippen MR) is 115 cm³/mol. The zero-order valence-corrected chi connectivity index (χ0v) is 17.6. The van der Waals surface area contributed by atoms with E-state index in [1.165, 1.54) is 7.11 Å². The predicted octanol–water partition coefficient (Wildman–Crippen LogP) is 5.78. The van der Waals surface area contributed by atoms with Crippen molar-refractivity contribution in [2.24, 2.45) is 0 Å². The Balaban J connectivity index is 1.93. The molecule has 146 valence electrons. The number of ether oxygens (including phenoxy) is 2. The Kier molecular flexibility index (Phi) is 6.57. The first-order valence-corrected chi connectivity index (χ1v) is 10.1. The fourth-order valence-electron chi connectivity index (χ4n) is 3.27. The molecule has 4 nitrogen and oxygen atoms in total. The molecule has 1 saturated carbocycles. The molecule has 28 heavy (non-hydrogen) atoms. The maximum atomic E-state index is 13.0. The molecule has 5 heteroatoms. The second-order valence-corrected chi connectivity index (χ2v) is 7.48. The lowest BCUT2D eigenvalue weighted by Crippen LogP contribution is -2.12. The Hall–Kier alpha value is -2.53. The van der Waals surface area contributed by atoms with Crippen molar-refractivity contribution < 1.29 is 19.4 Å². The topological polar surface area (TPSA) is 55.8 Å². The molecule has 0 spiro atoms. The number of carbonyl (C=O) groups is 1. The van der Waals surface area contributed by atoms with Gasteiger partial charge in [-0.2, -0.15) is 0 Å². The van der Waals surface area contributed by atoms with E-state index in [1.807, 2.05) is 37.3 Å². The van der Waals surface area contributed by atoms with Crippen LogP contribution in [0.1, 0.15) is 37.3 Å². The lowest BCUT2D eigenvalue weighted by molar-refractivity contribution is -0.112. The summed E-state index contributed by atoms with van der Waals surface area (Å²) in [5.41, 5.74) is 3.27. The molecule has 1 aliphatic rings. The molecule has 0 aliphatic heterocycles. The van der Waals surface area contributed by atoms with Gasteiger partial charge in [0.15, 0.2) is 17.3 Å². The van der Waals surface area contributed by atoms with E-state index in [0.717, 1.165) is 51.8 Å². The van der Waals surface area contributed by atoms with E-state index in [2.05, 4.69) is 15.9 Å². The van der Waals surface area contributed by atoms with Crippen LogP contribution in [0.4, 0.5) is 0 Å². The second kappa shape index (κ2) is 9.11. The Bertz CT molecular complexity index is 944. The van der Waals surface area contributed by atoms with Crippen molar-refractivity contribution in [1.29, 1.82) is 0 Å². The summed E-state index contributed by atoms with van der Waals surface area (Å²) in [6.07, 6.45) is 6.20. The fourth-order valence-corrected chi connectivity index (χ4v) is 3.65. The van der Waals surface area contributed by atoms with E-state index in [4.69, 9.17) is 9.47 Å². The Labute approximate surface area is 173 Å². The van der Waals surface area contributed by atoms with Crippen molar-refractivity contribution in [1.82, 2.24) is 0 Å². The molecule has 0 amide bonds. The smallest absolute Gasteiger partial charge is 0.185 e. The molecular formula is C23H23BrO4. The van der Waals surface area contributed by atoms with Crippen molar-refractivity contribution >= 4 is 33.9 Å². The van der Waals surface area contributed by atoms with Gasteiger partial charge in [0.25, 0.3) is 0 Å². The van der Waals surface area contributed by atoms with Gasteiger partial charge in [-0.05, 0) is 74.2 Å². The molecule has 0 aromatic heterocycles. The number of aromatic hydroxyl groups is 1. The van der Waals surface area contributed by atoms with Gasteiger partial charge in [-0.25, -0.2) is 0 Å². The summed E-state index contributed by atoms with van der Waals surface area (Å²) in [6.45, 7) is 2.51. The third kappa shape index (κ3) is 4.65. The van der Waals surface area contributed by atoms with Gasteiger partial charge in [0.1, 0.15) is 5.75 Å². The van der Waals surface area contributed by atoms with Crippen LogP contribution in [0, 0.1) is 0 Å². The van der Waals surface area contributed by atoms with E-state index >= 15 is 0 Å². The largest absolute Gasteiger partial charge is 0.504 e. The van der Waals surface area contributed by atoms with Gasteiger partial charge in [0.2, 0.25) is 0 Å². The van der Waals surface area contributed by atoms with Crippen LogP contribution in [0.5, 0.6) is 17.2 Å². The molecule has 0 saturated heterocycles. The Morgan fingerprint density at radius 2 is 1.82 bits per heavy atom. The lowest BCUT2D eigenvalue weighted by atomic mass is 9.86. The van der Waals surface area contributed by atoms with Gasteiger partial charge in [-0.15, -0.1) is 0 Å². The number of benzene rings is 2. The molecular weight excluding hydrogens is 420 g/mol. The number of Topliss-reactive ketones (excluding diaryl/α,β-unsaturated/α-hetero) is 1. The molecule has 0 radical (unpaired) electrons. The summed E-state index contributed by atoms with van der Waals surface area (Å²) in [5, 5.41) is 9.75. The third-order valence-electron chi connectivity index (χ3n) is 4.62. The molecule has 1 N–H and O–H groups in total. The van der Waals surface area contributed by atoms with Crippen LogP contribution in [0.2, 0.25) is 0 Å². The highest BCUT2D eigenvalue weighted by Gasteiger charge is 2.21. The van der Waals surface area contributed by atoms with Crippen LogP contribution in [-0.4, -0.2) is 24.6 Å². The quantitative estimate of drug-likeness (QED) is 0.595. The molecule has 0 bridgehead atoms. The summed E-state index contributed by atoms with van der Waals surface area (Å²) in [5.74, 6) is 1.30. The fraction of sp³-hybridized carbons (Fsp3) is 0.261. The highest BCUT2D eigenvalue weighted by atomic mass is 79.9. The first kappa shape index (κ1) is 20.2. The minimum atomic E-state index is 0.0562. The summed E-state index contributed by atoms with van der Waals surface area (Å²) < 4.78 is 11.8. The molecule has 3 rings (SSSR count). The highest BCUT2D eigenvalue weighted by molar-refractivity contribution is 9.10. The van der Waals surface area contributed by atoms with E-state index in [-0.39, 0.29) is 11.5 Å². The second-order valence-electron chi connectivity index (χ2n) is 6.57. The van der Waals surface area contributed by atoms with Gasteiger partial charge in [0, 0.05) is 21.2 Å². The summed E-state index contributed by atoms with van der Waals surface area (Å²) in [6, 6.07) is 10.9. The third-order valence-corrected chi connectivity index (χ3v) is 5.11. The van der Waals surface area contributed by atoms with E-state index in [1.54, 1.807) is 18.2 Å².